The summed E-state index contributed by atoms with van der Waals surface area (Å²) in [5.74, 6) is 0. The number of nitrogens with zero attached hydrogens (tertiary/aromatic N) is 1. The summed E-state index contributed by atoms with van der Waals surface area (Å²) < 4.78 is 0. The third-order valence-electron chi connectivity index (χ3n) is 3.31. The summed E-state index contributed by atoms with van der Waals surface area (Å²) in [5, 5.41) is 0. The van der Waals surface area contributed by atoms with Crippen molar-refractivity contribution in [3.8, 4) is 0 Å². The Morgan fingerprint density at radius 1 is 1.19 bits per heavy atom. The normalized spacial score (nSPS) is 20.4. The Morgan fingerprint density at radius 2 is 1.88 bits per heavy atom. The molecule has 1 aromatic rings. The third-order valence-corrected chi connectivity index (χ3v) is 3.31. The highest BCUT2D eigenvalue weighted by Gasteiger charge is 2.23. The lowest BCUT2D eigenvalue weighted by atomic mass is 9.97. The number of hydrogen-bond acceptors (Lipinski definition) is 1. The lowest BCUT2D eigenvalue weighted by Crippen LogP contribution is -2.18. The average molecular weight is 219 g/mol. The number of hydrogen-bond donors (Lipinski definition) is 0. The van der Waals surface area contributed by atoms with Crippen molar-refractivity contribution in [2.45, 2.75) is 46.6 Å². The third kappa shape index (κ3) is 2.85. The second-order valence-electron chi connectivity index (χ2n) is 4.50. The number of rotatable bonds is 1. The Labute approximate surface area is 100 Å². The van der Waals surface area contributed by atoms with Crippen molar-refractivity contribution in [3.63, 3.8) is 0 Å². The zero-order chi connectivity index (χ0) is 12.1. The van der Waals surface area contributed by atoms with Gasteiger partial charge in [-0.1, -0.05) is 37.6 Å². The highest BCUT2D eigenvalue weighted by molar-refractivity contribution is 5.33. The van der Waals surface area contributed by atoms with Gasteiger partial charge in [0.25, 0.3) is 0 Å². The number of aryl methyl sites for hydroxylation is 2. The molecule has 16 heavy (non-hydrogen) atoms. The quantitative estimate of drug-likeness (QED) is 0.687. The Kier molecular flexibility index (Phi) is 5.01. The Morgan fingerprint density at radius 3 is 2.44 bits per heavy atom. The molecular weight excluding hydrogens is 194 g/mol. The summed E-state index contributed by atoms with van der Waals surface area (Å²) in [5.41, 5.74) is 4.35. The molecule has 0 bridgehead atoms. The van der Waals surface area contributed by atoms with Crippen molar-refractivity contribution in [1.82, 2.24) is 4.90 Å². The maximum Gasteiger partial charge on any atom is 0.0348 e. The summed E-state index contributed by atoms with van der Waals surface area (Å²) >= 11 is 0. The predicted molar refractivity (Wildman–Crippen MR) is 71.9 cm³/mol. The summed E-state index contributed by atoms with van der Waals surface area (Å²) in [6, 6.07) is 7.46. The Hall–Kier alpha value is -0.820. The monoisotopic (exact) mass is 219 g/mol. The van der Waals surface area contributed by atoms with Gasteiger partial charge in [0.2, 0.25) is 0 Å². The Bertz CT molecular complexity index is 330. The molecule has 0 amide bonds. The van der Waals surface area contributed by atoms with Gasteiger partial charge in [-0.3, -0.25) is 4.90 Å². The first-order valence-electron chi connectivity index (χ1n) is 6.46. The molecule has 1 unspecified atom stereocenters. The van der Waals surface area contributed by atoms with Crippen LogP contribution < -0.4 is 0 Å². The fourth-order valence-corrected chi connectivity index (χ4v) is 2.42. The maximum absolute atomic E-state index is 2.47. The van der Waals surface area contributed by atoms with E-state index in [1.807, 2.05) is 13.8 Å². The van der Waals surface area contributed by atoms with E-state index in [0.29, 0.717) is 6.04 Å². The van der Waals surface area contributed by atoms with Gasteiger partial charge in [-0.05, 0) is 51.4 Å². The zero-order valence-electron chi connectivity index (χ0n) is 11.4. The highest BCUT2D eigenvalue weighted by atomic mass is 15.1. The van der Waals surface area contributed by atoms with Crippen LogP contribution in [0.1, 0.15) is 49.4 Å². The molecule has 1 heterocycles. The molecule has 0 radical (unpaired) electrons. The largest absolute Gasteiger partial charge is 0.299 e. The van der Waals surface area contributed by atoms with Gasteiger partial charge in [0.1, 0.15) is 0 Å². The van der Waals surface area contributed by atoms with E-state index in [2.05, 4.69) is 44.0 Å². The van der Waals surface area contributed by atoms with Gasteiger partial charge >= 0.3 is 0 Å². The van der Waals surface area contributed by atoms with Crippen LogP contribution in [-0.4, -0.2) is 18.5 Å². The van der Waals surface area contributed by atoms with Crippen LogP contribution in [0.25, 0.3) is 0 Å². The topological polar surface area (TPSA) is 3.24 Å². The van der Waals surface area contributed by atoms with Crippen molar-refractivity contribution in [1.29, 1.82) is 0 Å². The SMILES string of the molecule is CC.Cc1ccc(C)c(C2CCCN2C)c1. The first-order chi connectivity index (χ1) is 7.68. The van der Waals surface area contributed by atoms with E-state index in [4.69, 9.17) is 0 Å². The van der Waals surface area contributed by atoms with Crippen LogP contribution in [0, 0.1) is 13.8 Å². The van der Waals surface area contributed by atoms with Gasteiger partial charge in [-0.25, -0.2) is 0 Å². The van der Waals surface area contributed by atoms with Gasteiger partial charge in [-0.2, -0.15) is 0 Å². The van der Waals surface area contributed by atoms with E-state index in [1.54, 1.807) is 0 Å². The fraction of sp³-hybridized carbons (Fsp3) is 0.600. The second-order valence-corrected chi connectivity index (χ2v) is 4.50. The fourth-order valence-electron chi connectivity index (χ4n) is 2.42. The first kappa shape index (κ1) is 13.2. The molecule has 1 fully saturated rings. The van der Waals surface area contributed by atoms with Crippen molar-refractivity contribution >= 4 is 0 Å². The predicted octanol–water partition coefficient (Wildman–Crippen LogP) is 4.10. The van der Waals surface area contributed by atoms with Crippen LogP contribution in [0.2, 0.25) is 0 Å². The zero-order valence-corrected chi connectivity index (χ0v) is 11.4. The minimum absolute atomic E-state index is 0.662. The van der Waals surface area contributed by atoms with Crippen LogP contribution in [0.4, 0.5) is 0 Å². The maximum atomic E-state index is 2.47. The molecule has 1 aliphatic rings. The summed E-state index contributed by atoms with van der Waals surface area (Å²) in [6.45, 7) is 9.65. The standard InChI is InChI=1S/C13H19N.C2H6/c1-10-6-7-11(2)12(9-10)13-5-4-8-14(13)3;1-2/h6-7,9,13H,4-5,8H2,1-3H3;1-2H3. The number of likely N-dealkylation sites (tertiary alicyclic amines) is 1. The van der Waals surface area contributed by atoms with Crippen LogP contribution >= 0.6 is 0 Å². The molecule has 90 valence electrons. The number of benzene rings is 1. The van der Waals surface area contributed by atoms with E-state index in [0.717, 1.165) is 0 Å². The van der Waals surface area contributed by atoms with Gasteiger partial charge in [-0.15, -0.1) is 0 Å². The molecule has 1 saturated heterocycles. The Balaban J connectivity index is 0.000000606. The summed E-state index contributed by atoms with van der Waals surface area (Å²) in [6.07, 6.45) is 2.66. The second kappa shape index (κ2) is 6.05. The van der Waals surface area contributed by atoms with Gasteiger partial charge < -0.3 is 0 Å². The van der Waals surface area contributed by atoms with Crippen molar-refractivity contribution in [2.24, 2.45) is 0 Å². The van der Waals surface area contributed by atoms with E-state index >= 15 is 0 Å². The molecule has 1 nitrogen and oxygen atoms in total. The minimum Gasteiger partial charge on any atom is -0.299 e. The summed E-state index contributed by atoms with van der Waals surface area (Å²) in [7, 11) is 2.24. The molecule has 1 heteroatoms. The van der Waals surface area contributed by atoms with Crippen LogP contribution in [0.5, 0.6) is 0 Å². The van der Waals surface area contributed by atoms with E-state index in [-0.39, 0.29) is 0 Å². The van der Waals surface area contributed by atoms with Crippen LogP contribution in [0.15, 0.2) is 18.2 Å². The molecule has 1 aliphatic heterocycles. The van der Waals surface area contributed by atoms with Crippen molar-refractivity contribution in [3.05, 3.63) is 34.9 Å². The molecule has 0 saturated carbocycles. The van der Waals surface area contributed by atoms with Gasteiger partial charge in [0.15, 0.2) is 0 Å². The molecule has 0 spiro atoms. The minimum atomic E-state index is 0.662. The molecule has 1 atom stereocenters. The van der Waals surface area contributed by atoms with Crippen LogP contribution in [-0.2, 0) is 0 Å². The smallest absolute Gasteiger partial charge is 0.0348 e. The van der Waals surface area contributed by atoms with E-state index in [9.17, 15) is 0 Å². The summed E-state index contributed by atoms with van der Waals surface area (Å²) in [4.78, 5) is 2.47. The molecule has 0 aromatic heterocycles. The van der Waals surface area contributed by atoms with Crippen LogP contribution in [0.3, 0.4) is 0 Å². The average Bonchev–Trinajstić information content (AvgIpc) is 2.71. The highest BCUT2D eigenvalue weighted by Crippen LogP contribution is 2.32. The van der Waals surface area contributed by atoms with E-state index < -0.39 is 0 Å². The lowest BCUT2D eigenvalue weighted by molar-refractivity contribution is 0.316. The van der Waals surface area contributed by atoms with Crippen molar-refractivity contribution in [2.75, 3.05) is 13.6 Å². The van der Waals surface area contributed by atoms with E-state index in [1.165, 1.54) is 36.1 Å². The molecule has 2 rings (SSSR count). The lowest BCUT2D eigenvalue weighted by Gasteiger charge is -2.22. The molecular formula is C15H25N. The van der Waals surface area contributed by atoms with Gasteiger partial charge in [0, 0.05) is 6.04 Å². The van der Waals surface area contributed by atoms with Crippen molar-refractivity contribution < 1.29 is 0 Å². The molecule has 0 aliphatic carbocycles. The first-order valence-corrected chi connectivity index (χ1v) is 6.46. The molecule has 0 N–H and O–H groups in total. The van der Waals surface area contributed by atoms with Gasteiger partial charge in [0.05, 0.1) is 0 Å². The molecule has 1 aromatic carbocycles.